The van der Waals surface area contributed by atoms with E-state index >= 15 is 0 Å². The van der Waals surface area contributed by atoms with Crippen LogP contribution in [0.2, 0.25) is 0 Å². The van der Waals surface area contributed by atoms with Gasteiger partial charge >= 0.3 is 0 Å². The van der Waals surface area contributed by atoms with E-state index in [2.05, 4.69) is 36.7 Å². The van der Waals surface area contributed by atoms with Crippen LogP contribution in [-0.4, -0.2) is 9.36 Å². The van der Waals surface area contributed by atoms with E-state index in [9.17, 15) is 0 Å². The average molecular weight is 272 g/mol. The van der Waals surface area contributed by atoms with Crippen molar-refractivity contribution in [1.29, 1.82) is 0 Å². The van der Waals surface area contributed by atoms with E-state index in [1.807, 2.05) is 18.5 Å². The number of rotatable bonds is 4. The molecule has 0 fully saturated rings. The number of halogens is 1. The van der Waals surface area contributed by atoms with E-state index in [0.29, 0.717) is 0 Å². The molecule has 0 amide bonds. The minimum absolute atomic E-state index is 0.851. The van der Waals surface area contributed by atoms with Gasteiger partial charge in [-0.2, -0.15) is 4.37 Å². The Balaban J connectivity index is 1.81. The molecule has 0 bridgehead atoms. The summed E-state index contributed by atoms with van der Waals surface area (Å²) in [7, 11) is 0. The quantitative estimate of drug-likeness (QED) is 0.897. The van der Waals surface area contributed by atoms with Crippen molar-refractivity contribution >= 4 is 27.5 Å². The van der Waals surface area contributed by atoms with Crippen molar-refractivity contribution in [2.75, 3.05) is 0 Å². The maximum absolute atomic E-state index is 4.08. The first-order valence-electron chi connectivity index (χ1n) is 4.28. The summed E-state index contributed by atoms with van der Waals surface area (Å²) >= 11 is 4.96. The van der Waals surface area contributed by atoms with Gasteiger partial charge in [-0.15, -0.1) is 0 Å². The summed E-state index contributed by atoms with van der Waals surface area (Å²) in [5.74, 6) is 0. The highest BCUT2D eigenvalue weighted by Gasteiger charge is 2.01. The summed E-state index contributed by atoms with van der Waals surface area (Å²) in [4.78, 5) is 4.38. The topological polar surface area (TPSA) is 40.7 Å². The predicted octanol–water partition coefficient (Wildman–Crippen LogP) is 2.52. The fourth-order valence-corrected chi connectivity index (χ4v) is 2.34. The number of nitrogens with one attached hydrogen (secondary N) is 2. The average Bonchev–Trinajstić information content (AvgIpc) is 2.78. The van der Waals surface area contributed by atoms with Crippen LogP contribution in [0.5, 0.6) is 0 Å². The summed E-state index contributed by atoms with van der Waals surface area (Å²) in [6.07, 6.45) is 3.76. The Morgan fingerprint density at radius 1 is 1.50 bits per heavy atom. The van der Waals surface area contributed by atoms with Crippen LogP contribution in [0.4, 0.5) is 0 Å². The van der Waals surface area contributed by atoms with Gasteiger partial charge in [-0.1, -0.05) is 0 Å². The van der Waals surface area contributed by atoms with Crippen molar-refractivity contribution in [3.63, 3.8) is 0 Å². The minimum Gasteiger partial charge on any atom is -0.364 e. The second kappa shape index (κ2) is 4.72. The third-order valence-corrected chi connectivity index (χ3v) is 3.60. The van der Waals surface area contributed by atoms with Gasteiger partial charge in [-0.05, 0) is 39.6 Å². The number of nitrogens with zero attached hydrogens (tertiary/aromatic N) is 1. The standard InChI is InChI=1S/C9H10BrN3S/c10-8-5-13-14-9(8)6-11-4-7-2-1-3-12-7/h1-3,5,11-12H,4,6H2. The van der Waals surface area contributed by atoms with Crippen molar-refractivity contribution in [3.8, 4) is 0 Å². The fourth-order valence-electron chi connectivity index (χ4n) is 1.16. The Morgan fingerprint density at radius 3 is 3.07 bits per heavy atom. The normalized spacial score (nSPS) is 10.6. The van der Waals surface area contributed by atoms with Gasteiger partial charge in [0.05, 0.1) is 15.5 Å². The Kier molecular flexibility index (Phi) is 3.34. The number of aromatic nitrogens is 2. The molecule has 0 radical (unpaired) electrons. The molecule has 74 valence electrons. The molecule has 0 spiro atoms. The molecule has 2 aromatic rings. The van der Waals surface area contributed by atoms with Crippen molar-refractivity contribution < 1.29 is 0 Å². The SMILES string of the molecule is Brc1cnsc1CNCc1ccc[nH]1. The highest BCUT2D eigenvalue weighted by Crippen LogP contribution is 2.19. The second-order valence-corrected chi connectivity index (χ2v) is 4.64. The van der Waals surface area contributed by atoms with Gasteiger partial charge in [0, 0.05) is 25.0 Å². The number of aromatic amines is 1. The van der Waals surface area contributed by atoms with Gasteiger partial charge < -0.3 is 10.3 Å². The van der Waals surface area contributed by atoms with E-state index in [0.717, 1.165) is 17.6 Å². The lowest BCUT2D eigenvalue weighted by molar-refractivity contribution is 0.688. The van der Waals surface area contributed by atoms with Crippen LogP contribution in [0.25, 0.3) is 0 Å². The molecule has 2 heterocycles. The minimum atomic E-state index is 0.851. The summed E-state index contributed by atoms with van der Waals surface area (Å²) in [6, 6.07) is 4.06. The molecule has 3 nitrogen and oxygen atoms in total. The summed E-state index contributed by atoms with van der Waals surface area (Å²) in [6.45, 7) is 1.71. The maximum Gasteiger partial charge on any atom is 0.0552 e. The predicted molar refractivity (Wildman–Crippen MR) is 61.2 cm³/mol. The van der Waals surface area contributed by atoms with Crippen LogP contribution in [0.1, 0.15) is 10.6 Å². The van der Waals surface area contributed by atoms with Crippen molar-refractivity contribution in [2.45, 2.75) is 13.1 Å². The third-order valence-electron chi connectivity index (χ3n) is 1.86. The lowest BCUT2D eigenvalue weighted by Crippen LogP contribution is -2.12. The van der Waals surface area contributed by atoms with Crippen molar-refractivity contribution in [3.05, 3.63) is 39.6 Å². The third kappa shape index (κ3) is 2.43. The molecular formula is C9H10BrN3S. The Labute approximate surface area is 94.8 Å². The van der Waals surface area contributed by atoms with Gasteiger partial charge in [-0.25, -0.2) is 0 Å². The van der Waals surface area contributed by atoms with E-state index in [1.165, 1.54) is 22.1 Å². The molecule has 2 N–H and O–H groups in total. The molecule has 14 heavy (non-hydrogen) atoms. The first-order chi connectivity index (χ1) is 6.86. The van der Waals surface area contributed by atoms with Crippen LogP contribution in [-0.2, 0) is 13.1 Å². The molecule has 0 atom stereocenters. The molecule has 0 aliphatic carbocycles. The van der Waals surface area contributed by atoms with Crippen LogP contribution >= 0.6 is 27.5 Å². The molecule has 0 saturated heterocycles. The first kappa shape index (κ1) is 9.89. The highest BCUT2D eigenvalue weighted by molar-refractivity contribution is 9.10. The first-order valence-corrected chi connectivity index (χ1v) is 5.85. The summed E-state index contributed by atoms with van der Waals surface area (Å²) in [5, 5.41) is 3.34. The Hall–Kier alpha value is -0.650. The van der Waals surface area contributed by atoms with Crippen molar-refractivity contribution in [2.24, 2.45) is 0 Å². The van der Waals surface area contributed by atoms with E-state index in [4.69, 9.17) is 0 Å². The summed E-state index contributed by atoms with van der Waals surface area (Å²) in [5.41, 5.74) is 1.20. The van der Waals surface area contributed by atoms with E-state index in [1.54, 1.807) is 0 Å². The largest absolute Gasteiger partial charge is 0.364 e. The zero-order chi connectivity index (χ0) is 9.80. The number of hydrogen-bond donors (Lipinski definition) is 2. The van der Waals surface area contributed by atoms with Gasteiger partial charge in [0.1, 0.15) is 0 Å². The molecule has 0 aliphatic rings. The van der Waals surface area contributed by atoms with Gasteiger partial charge in [-0.3, -0.25) is 0 Å². The van der Waals surface area contributed by atoms with Gasteiger partial charge in [0.15, 0.2) is 0 Å². The van der Waals surface area contributed by atoms with Gasteiger partial charge in [0.2, 0.25) is 0 Å². The molecule has 5 heteroatoms. The van der Waals surface area contributed by atoms with E-state index < -0.39 is 0 Å². The Morgan fingerprint density at radius 2 is 2.43 bits per heavy atom. The molecule has 0 aliphatic heterocycles. The smallest absolute Gasteiger partial charge is 0.0552 e. The van der Waals surface area contributed by atoms with Crippen molar-refractivity contribution in [1.82, 2.24) is 14.7 Å². The summed E-state index contributed by atoms with van der Waals surface area (Å²) < 4.78 is 5.17. The fraction of sp³-hybridized carbons (Fsp3) is 0.222. The molecule has 0 saturated carbocycles. The van der Waals surface area contributed by atoms with Crippen LogP contribution in [0, 0.1) is 0 Å². The lowest BCUT2D eigenvalue weighted by atomic mass is 10.4. The molecule has 0 unspecified atom stereocenters. The van der Waals surface area contributed by atoms with Crippen LogP contribution in [0.15, 0.2) is 29.0 Å². The van der Waals surface area contributed by atoms with E-state index in [-0.39, 0.29) is 0 Å². The Bertz CT molecular complexity index is 382. The lowest BCUT2D eigenvalue weighted by Gasteiger charge is -2.00. The molecule has 2 aromatic heterocycles. The molecule has 0 aromatic carbocycles. The maximum atomic E-state index is 4.08. The van der Waals surface area contributed by atoms with Crippen LogP contribution < -0.4 is 5.32 Å². The van der Waals surface area contributed by atoms with Gasteiger partial charge in [0.25, 0.3) is 0 Å². The second-order valence-electron chi connectivity index (χ2n) is 2.90. The monoisotopic (exact) mass is 271 g/mol. The zero-order valence-electron chi connectivity index (χ0n) is 7.46. The molecule has 2 rings (SSSR count). The molecular weight excluding hydrogens is 262 g/mol. The number of hydrogen-bond acceptors (Lipinski definition) is 3. The zero-order valence-corrected chi connectivity index (χ0v) is 9.86. The highest BCUT2D eigenvalue weighted by atomic mass is 79.9. The van der Waals surface area contributed by atoms with Crippen LogP contribution in [0.3, 0.4) is 0 Å². The number of H-pyrrole nitrogens is 1.